The lowest BCUT2D eigenvalue weighted by Crippen LogP contribution is -1.99. The summed E-state index contributed by atoms with van der Waals surface area (Å²) in [5.41, 5.74) is 0.756. The predicted octanol–water partition coefficient (Wildman–Crippen LogP) is 0.646. The lowest BCUT2D eigenvalue weighted by Gasteiger charge is -2.02. The van der Waals surface area contributed by atoms with Crippen molar-refractivity contribution in [2.45, 2.75) is 6.61 Å². The topological polar surface area (TPSA) is 60.8 Å². The van der Waals surface area contributed by atoms with Crippen LogP contribution in [0.3, 0.4) is 0 Å². The highest BCUT2D eigenvalue weighted by molar-refractivity contribution is 5.05. The quantitative estimate of drug-likeness (QED) is 0.705. The average molecular weight is 187 g/mol. The zero-order valence-corrected chi connectivity index (χ0v) is 7.29. The van der Waals surface area contributed by atoms with E-state index in [0.717, 1.165) is 5.69 Å². The Morgan fingerprint density at radius 2 is 2.29 bits per heavy atom. The fraction of sp³-hybridized carbons (Fsp3) is 0.111. The molecule has 0 aromatic carbocycles. The standard InChI is InChI=1S/C9H7N4O/c1-2-11-7-13-9(1)14-6-8-5-10-3-4-12-8/h1-5H,6H2. The summed E-state index contributed by atoms with van der Waals surface area (Å²) in [6.45, 7) is 0.346. The monoisotopic (exact) mass is 187 g/mol. The minimum atomic E-state index is 0.346. The van der Waals surface area contributed by atoms with Gasteiger partial charge in [-0.1, -0.05) is 0 Å². The first-order valence-corrected chi connectivity index (χ1v) is 4.02. The first-order valence-electron chi connectivity index (χ1n) is 4.02. The van der Waals surface area contributed by atoms with E-state index in [2.05, 4.69) is 26.3 Å². The molecule has 0 aliphatic rings. The smallest absolute Gasteiger partial charge is 0.217 e. The number of ether oxygens (including phenoxy) is 1. The maximum Gasteiger partial charge on any atom is 0.217 e. The molecule has 0 saturated carbocycles. The highest BCUT2D eigenvalue weighted by Gasteiger charge is 1.96. The molecule has 0 atom stereocenters. The Morgan fingerprint density at radius 3 is 3.00 bits per heavy atom. The van der Waals surface area contributed by atoms with Crippen LogP contribution >= 0.6 is 0 Å². The summed E-state index contributed by atoms with van der Waals surface area (Å²) in [7, 11) is 0. The van der Waals surface area contributed by atoms with Gasteiger partial charge in [-0.15, -0.1) is 0 Å². The van der Waals surface area contributed by atoms with Gasteiger partial charge >= 0.3 is 0 Å². The van der Waals surface area contributed by atoms with Crippen LogP contribution in [-0.4, -0.2) is 19.9 Å². The number of nitrogens with zero attached hydrogens (tertiary/aromatic N) is 4. The Morgan fingerprint density at radius 1 is 1.29 bits per heavy atom. The maximum atomic E-state index is 5.31. The van der Waals surface area contributed by atoms with Crippen LogP contribution in [0.25, 0.3) is 0 Å². The SMILES string of the molecule is [c]1nccc(OCc2cnccn2)n1. The minimum Gasteiger partial charge on any atom is -0.471 e. The molecule has 0 N–H and O–H groups in total. The van der Waals surface area contributed by atoms with Crippen LogP contribution in [-0.2, 0) is 6.61 Å². The van der Waals surface area contributed by atoms with Crippen molar-refractivity contribution in [2.75, 3.05) is 0 Å². The highest BCUT2D eigenvalue weighted by atomic mass is 16.5. The third-order valence-corrected chi connectivity index (χ3v) is 1.49. The van der Waals surface area contributed by atoms with Gasteiger partial charge < -0.3 is 4.74 Å². The van der Waals surface area contributed by atoms with Gasteiger partial charge in [-0.3, -0.25) is 9.97 Å². The van der Waals surface area contributed by atoms with E-state index < -0.39 is 0 Å². The molecule has 0 saturated heterocycles. The van der Waals surface area contributed by atoms with Crippen molar-refractivity contribution in [3.63, 3.8) is 0 Å². The van der Waals surface area contributed by atoms with Crippen molar-refractivity contribution in [1.29, 1.82) is 0 Å². The van der Waals surface area contributed by atoms with Crippen LogP contribution < -0.4 is 4.74 Å². The van der Waals surface area contributed by atoms with Crippen LogP contribution in [0.4, 0.5) is 0 Å². The van der Waals surface area contributed by atoms with Crippen molar-refractivity contribution >= 4 is 0 Å². The lowest BCUT2D eigenvalue weighted by molar-refractivity contribution is 0.288. The number of hydrogen-bond donors (Lipinski definition) is 0. The van der Waals surface area contributed by atoms with Gasteiger partial charge in [0.15, 0.2) is 0 Å². The van der Waals surface area contributed by atoms with Gasteiger partial charge in [-0.05, 0) is 0 Å². The van der Waals surface area contributed by atoms with Gasteiger partial charge in [0.2, 0.25) is 12.2 Å². The van der Waals surface area contributed by atoms with E-state index in [4.69, 9.17) is 4.74 Å². The largest absolute Gasteiger partial charge is 0.471 e. The second-order valence-corrected chi connectivity index (χ2v) is 2.48. The van der Waals surface area contributed by atoms with E-state index in [0.29, 0.717) is 12.5 Å². The Hall–Kier alpha value is -2.04. The van der Waals surface area contributed by atoms with Crippen molar-refractivity contribution in [3.05, 3.63) is 42.9 Å². The maximum absolute atomic E-state index is 5.31. The lowest BCUT2D eigenvalue weighted by atomic mass is 10.5. The van der Waals surface area contributed by atoms with Gasteiger partial charge in [-0.25, -0.2) is 4.98 Å². The van der Waals surface area contributed by atoms with Crippen LogP contribution in [0.15, 0.2) is 30.9 Å². The molecule has 5 nitrogen and oxygen atoms in total. The summed E-state index contributed by atoms with van der Waals surface area (Å²) >= 11 is 0. The molecule has 14 heavy (non-hydrogen) atoms. The molecule has 2 rings (SSSR count). The molecule has 0 unspecified atom stereocenters. The molecule has 0 fully saturated rings. The van der Waals surface area contributed by atoms with Crippen molar-refractivity contribution in [3.8, 4) is 5.88 Å². The molecule has 0 bridgehead atoms. The van der Waals surface area contributed by atoms with Crippen molar-refractivity contribution in [1.82, 2.24) is 19.9 Å². The Bertz CT molecular complexity index is 339. The summed E-state index contributed by atoms with van der Waals surface area (Å²) in [4.78, 5) is 15.4. The molecular formula is C9H7N4O. The summed E-state index contributed by atoms with van der Waals surface area (Å²) in [6, 6.07) is 1.66. The van der Waals surface area contributed by atoms with Crippen molar-refractivity contribution < 1.29 is 4.74 Å². The van der Waals surface area contributed by atoms with E-state index in [1.165, 1.54) is 0 Å². The van der Waals surface area contributed by atoms with Gasteiger partial charge in [-0.2, -0.15) is 4.98 Å². The molecule has 1 radical (unpaired) electrons. The second-order valence-electron chi connectivity index (χ2n) is 2.48. The molecule has 2 heterocycles. The first kappa shape index (κ1) is 8.55. The number of aromatic nitrogens is 4. The molecule has 0 amide bonds. The Balaban J connectivity index is 1.96. The van der Waals surface area contributed by atoms with E-state index in [-0.39, 0.29) is 0 Å². The van der Waals surface area contributed by atoms with E-state index >= 15 is 0 Å². The van der Waals surface area contributed by atoms with Crippen LogP contribution in [0.1, 0.15) is 5.69 Å². The second kappa shape index (κ2) is 4.27. The van der Waals surface area contributed by atoms with Gasteiger partial charge in [0, 0.05) is 24.7 Å². The average Bonchev–Trinajstić information content (AvgIpc) is 2.29. The van der Waals surface area contributed by atoms with Crippen LogP contribution in [0.5, 0.6) is 5.88 Å². The molecule has 2 aromatic rings. The fourth-order valence-corrected chi connectivity index (χ4v) is 0.883. The fourth-order valence-electron chi connectivity index (χ4n) is 0.883. The molecule has 0 spiro atoms. The summed E-state index contributed by atoms with van der Waals surface area (Å²) in [6.07, 6.45) is 8.88. The highest BCUT2D eigenvalue weighted by Crippen LogP contribution is 2.03. The van der Waals surface area contributed by atoms with E-state index in [9.17, 15) is 0 Å². The van der Waals surface area contributed by atoms with Crippen LogP contribution in [0.2, 0.25) is 0 Å². The molecule has 5 heteroatoms. The number of rotatable bonds is 3. The third-order valence-electron chi connectivity index (χ3n) is 1.49. The van der Waals surface area contributed by atoms with E-state index in [1.54, 1.807) is 30.9 Å². The third kappa shape index (κ3) is 2.22. The molecule has 0 aliphatic heterocycles. The Labute approximate surface area is 80.8 Å². The summed E-state index contributed by atoms with van der Waals surface area (Å²) < 4.78 is 5.31. The minimum absolute atomic E-state index is 0.346. The Kier molecular flexibility index (Phi) is 2.61. The van der Waals surface area contributed by atoms with E-state index in [1.807, 2.05) is 0 Å². The van der Waals surface area contributed by atoms with Crippen LogP contribution in [0, 0.1) is 6.33 Å². The van der Waals surface area contributed by atoms with Gasteiger partial charge in [0.1, 0.15) is 6.61 Å². The number of hydrogen-bond acceptors (Lipinski definition) is 5. The van der Waals surface area contributed by atoms with Gasteiger partial charge in [0.05, 0.1) is 11.9 Å². The van der Waals surface area contributed by atoms with Gasteiger partial charge in [0.25, 0.3) is 0 Å². The zero-order chi connectivity index (χ0) is 9.64. The summed E-state index contributed by atoms with van der Waals surface area (Å²) in [5.74, 6) is 0.477. The predicted molar refractivity (Wildman–Crippen MR) is 47.2 cm³/mol. The molecule has 0 aliphatic carbocycles. The first-order chi connectivity index (χ1) is 6.95. The summed E-state index contributed by atoms with van der Waals surface area (Å²) in [5, 5.41) is 0. The molecular weight excluding hydrogens is 180 g/mol. The normalized spacial score (nSPS) is 9.71. The molecule has 69 valence electrons. The molecule has 2 aromatic heterocycles. The van der Waals surface area contributed by atoms with Crippen molar-refractivity contribution in [2.24, 2.45) is 0 Å². The zero-order valence-electron chi connectivity index (χ0n) is 7.29.